The van der Waals surface area contributed by atoms with E-state index in [9.17, 15) is 13.2 Å². The molecule has 3 aliphatic rings. The average molecular weight is 413 g/mol. The minimum Gasteiger partial charge on any atom is -0.314 e. The Morgan fingerprint density at radius 3 is 2.62 bits per heavy atom. The molecule has 140 valence electrons. The third-order valence-electron chi connectivity index (χ3n) is 5.34. The number of halogens is 1. The standard InChI is InChI=1S/C18H21ClN2O3S2/c19-13-8-4-5-9-14(13)21-15-10-26(23,24)11-16(15)25-18(21)20-17(22)12-6-2-1-3-7-12/h4-5,8-9,12,15-16H,1-3,6-7,10-11H2. The number of hydrogen-bond donors (Lipinski definition) is 0. The molecule has 1 aliphatic carbocycles. The summed E-state index contributed by atoms with van der Waals surface area (Å²) in [7, 11) is -3.08. The van der Waals surface area contributed by atoms with E-state index in [0.717, 1.165) is 31.4 Å². The average Bonchev–Trinajstić information content (AvgIpc) is 3.07. The Bertz CT molecular complexity index is 850. The molecule has 2 unspecified atom stereocenters. The molecule has 0 aromatic heterocycles. The number of para-hydroxylation sites is 1. The summed E-state index contributed by atoms with van der Waals surface area (Å²) in [4.78, 5) is 19.0. The lowest BCUT2D eigenvalue weighted by Crippen LogP contribution is -2.38. The van der Waals surface area contributed by atoms with Crippen molar-refractivity contribution in [2.45, 2.75) is 43.4 Å². The highest BCUT2D eigenvalue weighted by Crippen LogP contribution is 2.43. The molecular weight excluding hydrogens is 392 g/mol. The van der Waals surface area contributed by atoms with Gasteiger partial charge in [0.25, 0.3) is 5.91 Å². The number of sulfone groups is 1. The van der Waals surface area contributed by atoms with Crippen LogP contribution in [0, 0.1) is 5.92 Å². The van der Waals surface area contributed by atoms with Crippen LogP contribution in [0.4, 0.5) is 5.69 Å². The monoisotopic (exact) mass is 412 g/mol. The minimum absolute atomic E-state index is 0.00545. The summed E-state index contributed by atoms with van der Waals surface area (Å²) in [5.41, 5.74) is 0.724. The molecule has 0 bridgehead atoms. The van der Waals surface area contributed by atoms with Gasteiger partial charge >= 0.3 is 0 Å². The Morgan fingerprint density at radius 1 is 1.15 bits per heavy atom. The lowest BCUT2D eigenvalue weighted by Gasteiger charge is -2.26. The van der Waals surface area contributed by atoms with Crippen LogP contribution in [0.1, 0.15) is 32.1 Å². The predicted octanol–water partition coefficient (Wildman–Crippen LogP) is 3.52. The molecule has 2 heterocycles. The SMILES string of the molecule is O=C(N=C1SC2CS(=O)(=O)CC2N1c1ccccc1Cl)C1CCCCC1. The van der Waals surface area contributed by atoms with E-state index in [1.807, 2.05) is 23.1 Å². The molecular formula is C18H21ClN2O3S2. The summed E-state index contributed by atoms with van der Waals surface area (Å²) in [6.07, 6.45) is 5.13. The second-order valence-corrected chi connectivity index (χ2v) is 11.0. The summed E-state index contributed by atoms with van der Waals surface area (Å²) in [6.45, 7) is 0. The number of carbonyl (C=O) groups is 1. The van der Waals surface area contributed by atoms with Gasteiger partial charge in [0.1, 0.15) is 0 Å². The van der Waals surface area contributed by atoms with E-state index in [1.165, 1.54) is 18.2 Å². The molecule has 0 radical (unpaired) electrons. The van der Waals surface area contributed by atoms with Gasteiger partial charge in [-0.1, -0.05) is 54.8 Å². The largest absolute Gasteiger partial charge is 0.314 e. The fourth-order valence-electron chi connectivity index (χ4n) is 4.03. The van der Waals surface area contributed by atoms with Crippen LogP contribution >= 0.6 is 23.4 Å². The van der Waals surface area contributed by atoms with Crippen molar-refractivity contribution in [3.63, 3.8) is 0 Å². The maximum Gasteiger partial charge on any atom is 0.251 e. The molecule has 2 aliphatic heterocycles. The molecule has 8 heteroatoms. The van der Waals surface area contributed by atoms with Crippen molar-refractivity contribution in [2.24, 2.45) is 10.9 Å². The van der Waals surface area contributed by atoms with Crippen molar-refractivity contribution < 1.29 is 13.2 Å². The molecule has 26 heavy (non-hydrogen) atoms. The van der Waals surface area contributed by atoms with Crippen LogP contribution < -0.4 is 4.90 Å². The normalized spacial score (nSPS) is 29.9. The maximum atomic E-state index is 12.7. The molecule has 2 saturated heterocycles. The van der Waals surface area contributed by atoms with Crippen molar-refractivity contribution in [1.29, 1.82) is 0 Å². The molecule has 0 spiro atoms. The van der Waals surface area contributed by atoms with E-state index in [4.69, 9.17) is 11.6 Å². The molecule has 1 aromatic rings. The summed E-state index contributed by atoms with van der Waals surface area (Å²) in [5.74, 6) is 0.119. The second-order valence-electron chi connectivity index (χ2n) is 7.19. The Labute approximate surface area is 163 Å². The third kappa shape index (κ3) is 3.53. The molecule has 1 amide bonds. The number of anilines is 1. The molecule has 4 rings (SSSR count). The number of amides is 1. The first-order valence-electron chi connectivity index (χ1n) is 8.98. The van der Waals surface area contributed by atoms with Crippen LogP contribution in [0.3, 0.4) is 0 Å². The third-order valence-corrected chi connectivity index (χ3v) is 8.87. The van der Waals surface area contributed by atoms with Crippen LogP contribution in [0.5, 0.6) is 0 Å². The van der Waals surface area contributed by atoms with Gasteiger partial charge in [-0.2, -0.15) is 4.99 Å². The maximum absolute atomic E-state index is 12.7. The van der Waals surface area contributed by atoms with E-state index in [1.54, 1.807) is 6.07 Å². The van der Waals surface area contributed by atoms with Gasteiger partial charge in [0.2, 0.25) is 0 Å². The second kappa shape index (κ2) is 7.17. The number of rotatable bonds is 2. The molecule has 3 fully saturated rings. The number of amidine groups is 1. The van der Waals surface area contributed by atoms with Gasteiger partial charge in [-0.15, -0.1) is 0 Å². The number of carbonyl (C=O) groups excluding carboxylic acids is 1. The number of fused-ring (bicyclic) bond motifs is 1. The van der Waals surface area contributed by atoms with Crippen molar-refractivity contribution in [1.82, 2.24) is 0 Å². The van der Waals surface area contributed by atoms with Crippen LogP contribution in [0.2, 0.25) is 5.02 Å². The van der Waals surface area contributed by atoms with Gasteiger partial charge in [0.05, 0.1) is 28.3 Å². The summed E-state index contributed by atoms with van der Waals surface area (Å²) >= 11 is 7.78. The van der Waals surface area contributed by atoms with Crippen LogP contribution in [-0.2, 0) is 14.6 Å². The first kappa shape index (κ1) is 18.3. The molecule has 1 aromatic carbocycles. The van der Waals surface area contributed by atoms with E-state index >= 15 is 0 Å². The fraction of sp³-hybridized carbons (Fsp3) is 0.556. The van der Waals surface area contributed by atoms with Crippen molar-refractivity contribution in [2.75, 3.05) is 16.4 Å². The Kier molecular flexibility index (Phi) is 5.05. The van der Waals surface area contributed by atoms with E-state index in [0.29, 0.717) is 10.2 Å². The number of benzene rings is 1. The van der Waals surface area contributed by atoms with Gasteiger partial charge in [-0.3, -0.25) is 4.79 Å². The topological polar surface area (TPSA) is 66.8 Å². The minimum atomic E-state index is -3.08. The summed E-state index contributed by atoms with van der Waals surface area (Å²) in [5, 5.41) is 1.03. The van der Waals surface area contributed by atoms with E-state index in [-0.39, 0.29) is 34.6 Å². The zero-order valence-corrected chi connectivity index (χ0v) is 16.7. The van der Waals surface area contributed by atoms with Crippen molar-refractivity contribution in [3.8, 4) is 0 Å². The Morgan fingerprint density at radius 2 is 1.88 bits per heavy atom. The first-order chi connectivity index (χ1) is 12.4. The number of hydrogen-bond acceptors (Lipinski definition) is 4. The highest BCUT2D eigenvalue weighted by Gasteiger charge is 2.49. The highest BCUT2D eigenvalue weighted by atomic mass is 35.5. The lowest BCUT2D eigenvalue weighted by molar-refractivity contribution is -0.122. The van der Waals surface area contributed by atoms with Crippen molar-refractivity contribution >= 4 is 50.0 Å². The highest BCUT2D eigenvalue weighted by molar-refractivity contribution is 8.16. The van der Waals surface area contributed by atoms with Gasteiger partial charge < -0.3 is 4.90 Å². The van der Waals surface area contributed by atoms with Crippen molar-refractivity contribution in [3.05, 3.63) is 29.3 Å². The van der Waals surface area contributed by atoms with Gasteiger partial charge in [-0.25, -0.2) is 8.42 Å². The zero-order chi connectivity index (χ0) is 18.3. The molecule has 1 saturated carbocycles. The smallest absolute Gasteiger partial charge is 0.251 e. The first-order valence-corrected chi connectivity index (χ1v) is 12.1. The quantitative estimate of drug-likeness (QED) is 0.743. The predicted molar refractivity (Wildman–Crippen MR) is 107 cm³/mol. The number of thioether (sulfide) groups is 1. The van der Waals surface area contributed by atoms with Gasteiger partial charge in [0, 0.05) is 11.2 Å². The number of aliphatic imine (C=N–C) groups is 1. The summed E-state index contributed by atoms with van der Waals surface area (Å²) in [6, 6.07) is 7.11. The number of nitrogens with zero attached hydrogens (tertiary/aromatic N) is 2. The molecule has 2 atom stereocenters. The lowest BCUT2D eigenvalue weighted by atomic mass is 9.89. The summed E-state index contributed by atoms with van der Waals surface area (Å²) < 4.78 is 24.2. The Hall–Kier alpha value is -1.05. The van der Waals surface area contributed by atoms with Crippen LogP contribution in [0.25, 0.3) is 0 Å². The van der Waals surface area contributed by atoms with Gasteiger partial charge in [-0.05, 0) is 25.0 Å². The zero-order valence-electron chi connectivity index (χ0n) is 14.3. The van der Waals surface area contributed by atoms with E-state index in [2.05, 4.69) is 4.99 Å². The fourth-order valence-corrected chi connectivity index (χ4v) is 8.17. The van der Waals surface area contributed by atoms with Gasteiger partial charge in [0.15, 0.2) is 15.0 Å². The molecule has 0 N–H and O–H groups in total. The van der Waals surface area contributed by atoms with Crippen LogP contribution in [-0.4, -0.2) is 42.3 Å². The Balaban J connectivity index is 1.68. The molecule has 5 nitrogen and oxygen atoms in total. The van der Waals surface area contributed by atoms with E-state index < -0.39 is 9.84 Å². The van der Waals surface area contributed by atoms with Crippen LogP contribution in [0.15, 0.2) is 29.3 Å².